The molecule has 3 aromatic rings. The molecule has 0 unspecified atom stereocenters. The lowest BCUT2D eigenvalue weighted by molar-refractivity contribution is 0.321. The highest BCUT2D eigenvalue weighted by atomic mass is 35.5. The summed E-state index contributed by atoms with van der Waals surface area (Å²) in [5, 5.41) is 17.0. The Morgan fingerprint density at radius 3 is 2.48 bits per heavy atom. The van der Waals surface area contributed by atoms with Crippen LogP contribution in [0.4, 0.5) is 4.39 Å². The van der Waals surface area contributed by atoms with Gasteiger partial charge in [-0.25, -0.2) is 9.07 Å². The lowest BCUT2D eigenvalue weighted by Crippen LogP contribution is -2.00. The summed E-state index contributed by atoms with van der Waals surface area (Å²) in [5.41, 5.74) is 2.44. The molecular formula is C16H10Cl2FN3O. The van der Waals surface area contributed by atoms with Crippen LogP contribution >= 0.6 is 23.2 Å². The van der Waals surface area contributed by atoms with Crippen molar-refractivity contribution in [1.29, 1.82) is 0 Å². The maximum absolute atomic E-state index is 13.1. The smallest absolute Gasteiger partial charge is 0.123 e. The minimum absolute atomic E-state index is 0.332. The number of halogens is 3. The SMILES string of the molecule is O/N=C/c1cc(-c2ccc(F)cc2)n(-c2ccc(Cl)cc2Cl)n1. The Morgan fingerprint density at radius 2 is 1.83 bits per heavy atom. The van der Waals surface area contributed by atoms with E-state index in [4.69, 9.17) is 28.4 Å². The minimum atomic E-state index is -0.332. The van der Waals surface area contributed by atoms with Gasteiger partial charge in [0.2, 0.25) is 0 Å². The highest BCUT2D eigenvalue weighted by Crippen LogP contribution is 2.29. The van der Waals surface area contributed by atoms with Crippen LogP contribution in [-0.4, -0.2) is 21.2 Å². The number of benzene rings is 2. The summed E-state index contributed by atoms with van der Waals surface area (Å²) in [6.45, 7) is 0. The quantitative estimate of drug-likeness (QED) is 0.419. The largest absolute Gasteiger partial charge is 0.411 e. The summed E-state index contributed by atoms with van der Waals surface area (Å²) in [6, 6.07) is 12.7. The standard InChI is InChI=1S/C16H10Cl2FN3O/c17-11-3-6-15(14(18)7-11)22-16(8-13(21-22)9-20-23)10-1-4-12(19)5-2-10/h1-9,23H/b20-9+. The molecule has 0 aliphatic heterocycles. The molecule has 4 nitrogen and oxygen atoms in total. The Labute approximate surface area is 141 Å². The van der Waals surface area contributed by atoms with Crippen molar-refractivity contribution in [2.75, 3.05) is 0 Å². The maximum atomic E-state index is 13.1. The second kappa shape index (κ2) is 6.40. The van der Waals surface area contributed by atoms with E-state index in [0.29, 0.717) is 27.1 Å². The van der Waals surface area contributed by atoms with Crippen LogP contribution in [0, 0.1) is 5.82 Å². The van der Waals surface area contributed by atoms with Crippen molar-refractivity contribution < 1.29 is 9.60 Å². The van der Waals surface area contributed by atoms with E-state index in [1.165, 1.54) is 18.3 Å². The van der Waals surface area contributed by atoms with Crippen molar-refractivity contribution in [3.8, 4) is 16.9 Å². The molecule has 1 N–H and O–H groups in total. The van der Waals surface area contributed by atoms with Gasteiger partial charge in [0.25, 0.3) is 0 Å². The number of rotatable bonds is 3. The third-order valence-corrected chi connectivity index (χ3v) is 3.73. The Bertz CT molecular complexity index is 876. The topological polar surface area (TPSA) is 50.4 Å². The van der Waals surface area contributed by atoms with Crippen LogP contribution in [0.3, 0.4) is 0 Å². The van der Waals surface area contributed by atoms with E-state index in [1.807, 2.05) is 0 Å². The summed E-state index contributed by atoms with van der Waals surface area (Å²) >= 11 is 12.2. The molecular weight excluding hydrogens is 340 g/mol. The highest BCUT2D eigenvalue weighted by Gasteiger charge is 2.14. The lowest BCUT2D eigenvalue weighted by atomic mass is 10.1. The number of oxime groups is 1. The van der Waals surface area contributed by atoms with Crippen molar-refractivity contribution in [3.05, 3.63) is 70.1 Å². The normalized spacial score (nSPS) is 11.3. The van der Waals surface area contributed by atoms with Crippen molar-refractivity contribution in [1.82, 2.24) is 9.78 Å². The van der Waals surface area contributed by atoms with Crippen LogP contribution in [-0.2, 0) is 0 Å². The molecule has 0 radical (unpaired) electrons. The molecule has 0 saturated carbocycles. The third-order valence-electron chi connectivity index (χ3n) is 3.20. The highest BCUT2D eigenvalue weighted by molar-refractivity contribution is 6.35. The maximum Gasteiger partial charge on any atom is 0.123 e. The zero-order valence-corrected chi connectivity index (χ0v) is 13.1. The van der Waals surface area contributed by atoms with Crippen molar-refractivity contribution >= 4 is 29.4 Å². The van der Waals surface area contributed by atoms with Crippen LogP contribution in [0.25, 0.3) is 16.9 Å². The average molecular weight is 350 g/mol. The van der Waals surface area contributed by atoms with Gasteiger partial charge in [0.1, 0.15) is 11.5 Å². The average Bonchev–Trinajstić information content (AvgIpc) is 2.92. The molecule has 3 rings (SSSR count). The van der Waals surface area contributed by atoms with Crippen molar-refractivity contribution in [2.24, 2.45) is 5.16 Å². The van der Waals surface area contributed by atoms with Gasteiger partial charge in [0, 0.05) is 10.6 Å². The lowest BCUT2D eigenvalue weighted by Gasteiger charge is -2.09. The second-order valence-corrected chi connectivity index (χ2v) is 5.56. The van der Waals surface area contributed by atoms with E-state index >= 15 is 0 Å². The molecule has 2 aromatic carbocycles. The molecule has 0 atom stereocenters. The van der Waals surface area contributed by atoms with E-state index in [2.05, 4.69) is 10.3 Å². The number of aromatic nitrogens is 2. The van der Waals surface area contributed by atoms with Gasteiger partial charge in [-0.15, -0.1) is 0 Å². The van der Waals surface area contributed by atoms with E-state index in [9.17, 15) is 4.39 Å². The number of hydrogen-bond donors (Lipinski definition) is 1. The van der Waals surface area contributed by atoms with Crippen molar-refractivity contribution in [2.45, 2.75) is 0 Å². The zero-order chi connectivity index (χ0) is 16.4. The Kier molecular flexibility index (Phi) is 4.32. The van der Waals surface area contributed by atoms with Crippen LogP contribution < -0.4 is 0 Å². The fourth-order valence-corrected chi connectivity index (χ4v) is 2.67. The monoisotopic (exact) mass is 349 g/mol. The van der Waals surface area contributed by atoms with E-state index < -0.39 is 0 Å². The summed E-state index contributed by atoms with van der Waals surface area (Å²) < 4.78 is 14.7. The summed E-state index contributed by atoms with van der Waals surface area (Å²) in [6.07, 6.45) is 1.20. The zero-order valence-electron chi connectivity index (χ0n) is 11.6. The molecule has 7 heteroatoms. The van der Waals surface area contributed by atoms with Gasteiger partial charge in [-0.05, 0) is 48.5 Å². The van der Waals surface area contributed by atoms with Crippen LogP contribution in [0.1, 0.15) is 5.69 Å². The Hall–Kier alpha value is -2.37. The Balaban J connectivity index is 2.20. The number of nitrogens with zero attached hydrogens (tertiary/aromatic N) is 3. The van der Waals surface area contributed by atoms with Gasteiger partial charge in [-0.3, -0.25) is 0 Å². The fraction of sp³-hybridized carbons (Fsp3) is 0. The molecule has 0 spiro atoms. The first-order valence-electron chi connectivity index (χ1n) is 6.57. The first-order chi connectivity index (χ1) is 11.1. The molecule has 1 heterocycles. The molecule has 0 bridgehead atoms. The molecule has 0 saturated heterocycles. The predicted octanol–water partition coefficient (Wildman–Crippen LogP) is 4.79. The van der Waals surface area contributed by atoms with Gasteiger partial charge in [0.15, 0.2) is 0 Å². The second-order valence-electron chi connectivity index (χ2n) is 4.71. The predicted molar refractivity (Wildman–Crippen MR) is 88.4 cm³/mol. The van der Waals surface area contributed by atoms with Gasteiger partial charge >= 0.3 is 0 Å². The first-order valence-corrected chi connectivity index (χ1v) is 7.33. The van der Waals surface area contributed by atoms with Crippen LogP contribution in [0.15, 0.2) is 53.7 Å². The molecule has 23 heavy (non-hydrogen) atoms. The minimum Gasteiger partial charge on any atom is -0.411 e. The first kappa shape index (κ1) is 15.5. The molecule has 0 aliphatic carbocycles. The Morgan fingerprint density at radius 1 is 1.09 bits per heavy atom. The molecule has 116 valence electrons. The summed E-state index contributed by atoms with van der Waals surface area (Å²) in [7, 11) is 0. The summed E-state index contributed by atoms with van der Waals surface area (Å²) in [5.74, 6) is -0.332. The molecule has 1 aromatic heterocycles. The van der Waals surface area contributed by atoms with Gasteiger partial charge in [-0.1, -0.05) is 28.4 Å². The molecule has 0 amide bonds. The van der Waals surface area contributed by atoms with Gasteiger partial charge < -0.3 is 5.21 Å². The summed E-state index contributed by atoms with van der Waals surface area (Å²) in [4.78, 5) is 0. The van der Waals surface area contributed by atoms with Crippen LogP contribution in [0.5, 0.6) is 0 Å². The third kappa shape index (κ3) is 3.21. The van der Waals surface area contributed by atoms with E-state index in [0.717, 1.165) is 5.56 Å². The van der Waals surface area contributed by atoms with Gasteiger partial charge in [-0.2, -0.15) is 5.10 Å². The van der Waals surface area contributed by atoms with Crippen LogP contribution in [0.2, 0.25) is 10.0 Å². The van der Waals surface area contributed by atoms with Gasteiger partial charge in [0.05, 0.1) is 22.6 Å². The van der Waals surface area contributed by atoms with Crippen molar-refractivity contribution in [3.63, 3.8) is 0 Å². The van der Waals surface area contributed by atoms with E-state index in [-0.39, 0.29) is 5.82 Å². The molecule has 0 aliphatic rings. The fourth-order valence-electron chi connectivity index (χ4n) is 2.18. The van der Waals surface area contributed by atoms with E-state index in [1.54, 1.807) is 41.1 Å². The number of hydrogen-bond acceptors (Lipinski definition) is 3. The molecule has 0 fully saturated rings.